The van der Waals surface area contributed by atoms with Crippen LogP contribution >= 0.6 is 11.3 Å². The van der Waals surface area contributed by atoms with Crippen molar-refractivity contribution in [1.29, 1.82) is 0 Å². The van der Waals surface area contributed by atoms with Gasteiger partial charge in [0, 0.05) is 6.42 Å². The zero-order chi connectivity index (χ0) is 14.8. The zero-order valence-corrected chi connectivity index (χ0v) is 12.7. The number of allylic oxidation sites excluding steroid dienone is 1. The molecule has 106 valence electrons. The molecule has 0 atom stereocenters. The third-order valence-electron chi connectivity index (χ3n) is 2.83. The summed E-state index contributed by atoms with van der Waals surface area (Å²) in [5.74, 6) is 0. The number of aryl methyl sites for hydroxylation is 1. The molecule has 0 radical (unpaired) electrons. The second-order valence-corrected chi connectivity index (χ2v) is 7.13. The highest BCUT2D eigenvalue weighted by Gasteiger charge is 2.15. The zero-order valence-electron chi connectivity index (χ0n) is 11.0. The lowest BCUT2D eigenvalue weighted by Crippen LogP contribution is -2.11. The van der Waals surface area contributed by atoms with Crippen LogP contribution in [0.3, 0.4) is 0 Å². The van der Waals surface area contributed by atoms with E-state index < -0.39 is 10.0 Å². The first-order valence-corrected chi connectivity index (χ1v) is 8.38. The van der Waals surface area contributed by atoms with Crippen molar-refractivity contribution < 1.29 is 8.42 Å². The van der Waals surface area contributed by atoms with Gasteiger partial charge in [-0.15, -0.1) is 10.2 Å². The fraction of sp³-hybridized carbons (Fsp3) is 0.231. The highest BCUT2D eigenvalue weighted by molar-refractivity contribution is 7.91. The largest absolute Gasteiger partial charge is 0.267 e. The molecule has 5 nitrogen and oxygen atoms in total. The van der Waals surface area contributed by atoms with E-state index >= 15 is 0 Å². The van der Waals surface area contributed by atoms with Crippen LogP contribution < -0.4 is 5.14 Å². The van der Waals surface area contributed by atoms with Crippen LogP contribution in [0.25, 0.3) is 5.57 Å². The molecular weight excluding hydrogens is 294 g/mol. The van der Waals surface area contributed by atoms with Gasteiger partial charge in [-0.25, -0.2) is 13.6 Å². The average Bonchev–Trinajstić information content (AvgIpc) is 2.87. The molecule has 1 aromatic carbocycles. The minimum atomic E-state index is -3.78. The van der Waals surface area contributed by atoms with E-state index in [1.165, 1.54) is 5.56 Å². The molecule has 0 fully saturated rings. The number of benzene rings is 1. The first kappa shape index (κ1) is 14.8. The third kappa shape index (κ3) is 3.50. The van der Waals surface area contributed by atoms with Gasteiger partial charge in [-0.05, 0) is 23.1 Å². The van der Waals surface area contributed by atoms with Crippen molar-refractivity contribution in [2.75, 3.05) is 0 Å². The molecular formula is C13H15N3O2S2. The van der Waals surface area contributed by atoms with Crippen molar-refractivity contribution in [2.45, 2.75) is 24.1 Å². The Bertz CT molecular complexity index is 718. The van der Waals surface area contributed by atoms with Gasteiger partial charge in [0.2, 0.25) is 4.34 Å². The lowest BCUT2D eigenvalue weighted by atomic mass is 10.0. The van der Waals surface area contributed by atoms with Crippen LogP contribution in [0.4, 0.5) is 0 Å². The van der Waals surface area contributed by atoms with Gasteiger partial charge in [-0.1, -0.05) is 49.1 Å². The van der Waals surface area contributed by atoms with Gasteiger partial charge in [0.15, 0.2) is 0 Å². The summed E-state index contributed by atoms with van der Waals surface area (Å²) in [6.07, 6.45) is 1.44. The first-order valence-electron chi connectivity index (χ1n) is 6.02. The van der Waals surface area contributed by atoms with E-state index in [2.05, 4.69) is 35.8 Å². The maximum atomic E-state index is 11.1. The molecule has 20 heavy (non-hydrogen) atoms. The Hall–Kier alpha value is -1.57. The average molecular weight is 309 g/mol. The van der Waals surface area contributed by atoms with Crippen molar-refractivity contribution in [3.63, 3.8) is 0 Å². The normalized spacial score (nSPS) is 11.5. The second kappa shape index (κ2) is 5.82. The van der Waals surface area contributed by atoms with Gasteiger partial charge in [-0.3, -0.25) is 0 Å². The summed E-state index contributed by atoms with van der Waals surface area (Å²) < 4.78 is 22.1. The lowest BCUT2D eigenvalue weighted by Gasteiger charge is -2.04. The van der Waals surface area contributed by atoms with Crippen LogP contribution in [0, 0.1) is 0 Å². The molecule has 1 heterocycles. The summed E-state index contributed by atoms with van der Waals surface area (Å²) in [6, 6.07) is 8.11. The summed E-state index contributed by atoms with van der Waals surface area (Å²) in [4.78, 5) is 0. The molecule has 0 aliphatic carbocycles. The minimum absolute atomic E-state index is 0.165. The number of nitrogens with zero attached hydrogens (tertiary/aromatic N) is 2. The summed E-state index contributed by atoms with van der Waals surface area (Å²) in [5.41, 5.74) is 3.13. The van der Waals surface area contributed by atoms with E-state index in [9.17, 15) is 8.42 Å². The number of aromatic nitrogens is 2. The second-order valence-electron chi connectivity index (χ2n) is 4.34. The molecule has 2 aromatic rings. The SMILES string of the molecule is C=C(Cc1nnc(S(N)(=O)=O)s1)c1ccc(CC)cc1. The summed E-state index contributed by atoms with van der Waals surface area (Å²) in [7, 11) is -3.78. The number of hydrogen-bond acceptors (Lipinski definition) is 5. The van der Waals surface area contributed by atoms with Crippen molar-refractivity contribution in [3.8, 4) is 0 Å². The van der Waals surface area contributed by atoms with Gasteiger partial charge in [0.05, 0.1) is 0 Å². The van der Waals surface area contributed by atoms with E-state index in [1.807, 2.05) is 12.1 Å². The maximum absolute atomic E-state index is 11.1. The Labute approximate surface area is 122 Å². The highest BCUT2D eigenvalue weighted by atomic mass is 32.2. The molecule has 1 aromatic heterocycles. The maximum Gasteiger partial charge on any atom is 0.267 e. The number of primary sulfonamides is 1. The number of hydrogen-bond donors (Lipinski definition) is 1. The molecule has 2 N–H and O–H groups in total. The van der Waals surface area contributed by atoms with Crippen LogP contribution in [0.1, 0.15) is 23.1 Å². The highest BCUT2D eigenvalue weighted by Crippen LogP contribution is 2.22. The van der Waals surface area contributed by atoms with Crippen molar-refractivity contribution in [2.24, 2.45) is 5.14 Å². The van der Waals surface area contributed by atoms with Gasteiger partial charge in [0.1, 0.15) is 5.01 Å². The molecule has 2 rings (SSSR count). The molecule has 0 amide bonds. The van der Waals surface area contributed by atoms with Gasteiger partial charge in [-0.2, -0.15) is 0 Å². The summed E-state index contributed by atoms with van der Waals surface area (Å²) >= 11 is 0.974. The Morgan fingerprint density at radius 1 is 1.30 bits per heavy atom. The lowest BCUT2D eigenvalue weighted by molar-refractivity contribution is 0.595. The topological polar surface area (TPSA) is 85.9 Å². The van der Waals surface area contributed by atoms with Crippen molar-refractivity contribution >= 4 is 26.9 Å². The van der Waals surface area contributed by atoms with Gasteiger partial charge < -0.3 is 0 Å². The number of rotatable bonds is 5. The predicted octanol–water partition coefficient (Wildman–Crippen LogP) is 2.00. The van der Waals surface area contributed by atoms with E-state index in [0.717, 1.165) is 28.9 Å². The van der Waals surface area contributed by atoms with E-state index in [1.54, 1.807) is 0 Å². The van der Waals surface area contributed by atoms with Crippen LogP contribution in [0.2, 0.25) is 0 Å². The predicted molar refractivity (Wildman–Crippen MR) is 79.8 cm³/mol. The fourth-order valence-corrected chi connectivity index (χ4v) is 3.20. The van der Waals surface area contributed by atoms with E-state index in [4.69, 9.17) is 5.14 Å². The molecule has 7 heteroatoms. The molecule has 0 saturated carbocycles. The number of sulfonamides is 1. The van der Waals surface area contributed by atoms with Crippen LogP contribution in [-0.2, 0) is 22.9 Å². The third-order valence-corrected chi connectivity index (χ3v) is 5.06. The Morgan fingerprint density at radius 2 is 1.95 bits per heavy atom. The van der Waals surface area contributed by atoms with E-state index in [0.29, 0.717) is 11.4 Å². The summed E-state index contributed by atoms with van der Waals surface area (Å²) in [6.45, 7) is 6.10. The van der Waals surface area contributed by atoms with Crippen molar-refractivity contribution in [1.82, 2.24) is 10.2 Å². The molecule has 0 saturated heterocycles. The first-order chi connectivity index (χ1) is 9.40. The minimum Gasteiger partial charge on any atom is -0.223 e. The fourth-order valence-electron chi connectivity index (χ4n) is 1.69. The number of nitrogens with two attached hydrogens (primary N) is 1. The monoisotopic (exact) mass is 309 g/mol. The van der Waals surface area contributed by atoms with Gasteiger partial charge in [0.25, 0.3) is 10.0 Å². The smallest absolute Gasteiger partial charge is 0.223 e. The van der Waals surface area contributed by atoms with Crippen LogP contribution in [0.15, 0.2) is 35.2 Å². The Morgan fingerprint density at radius 3 is 2.45 bits per heavy atom. The molecule has 0 aliphatic heterocycles. The summed E-state index contributed by atoms with van der Waals surface area (Å²) in [5, 5.41) is 13.0. The van der Waals surface area contributed by atoms with Gasteiger partial charge >= 0.3 is 0 Å². The van der Waals surface area contributed by atoms with E-state index in [-0.39, 0.29) is 4.34 Å². The molecule has 0 spiro atoms. The van der Waals surface area contributed by atoms with Crippen molar-refractivity contribution in [3.05, 3.63) is 47.0 Å². The quantitative estimate of drug-likeness (QED) is 0.915. The Kier molecular flexibility index (Phi) is 4.32. The standard InChI is InChI=1S/C13H15N3O2S2/c1-3-10-4-6-11(7-5-10)9(2)8-12-15-16-13(19-12)20(14,17)18/h4-7H,2-3,8H2,1H3,(H2,14,17,18). The molecule has 0 bridgehead atoms. The molecule has 0 unspecified atom stereocenters. The van der Waals surface area contributed by atoms with Crippen LogP contribution in [-0.4, -0.2) is 18.6 Å². The van der Waals surface area contributed by atoms with Crippen LogP contribution in [0.5, 0.6) is 0 Å². The molecule has 0 aliphatic rings. The Balaban J connectivity index is 2.13.